The molecule has 0 radical (unpaired) electrons. The Labute approximate surface area is 152 Å². The minimum absolute atomic E-state index is 0.213. The summed E-state index contributed by atoms with van der Waals surface area (Å²) in [6.45, 7) is 0. The molecule has 0 atom stereocenters. The number of ether oxygens (including phenoxy) is 1. The topological polar surface area (TPSA) is 48.1 Å². The molecular formula is C19H12ClFN2OS. The lowest BCUT2D eigenvalue weighted by Gasteiger charge is -2.10. The van der Waals surface area contributed by atoms with Gasteiger partial charge in [-0.3, -0.25) is 0 Å². The van der Waals surface area contributed by atoms with E-state index in [0.29, 0.717) is 16.6 Å². The fourth-order valence-electron chi connectivity index (χ4n) is 2.60. The first kappa shape index (κ1) is 15.9. The van der Waals surface area contributed by atoms with Gasteiger partial charge < -0.3 is 10.5 Å². The maximum Gasteiger partial charge on any atom is 0.181 e. The summed E-state index contributed by atoms with van der Waals surface area (Å²) < 4.78 is 20.0. The minimum atomic E-state index is -0.409. The van der Waals surface area contributed by atoms with Crippen LogP contribution in [0.15, 0.2) is 60.7 Å². The predicted octanol–water partition coefficient (Wildman–Crippen LogP) is 6.13. The van der Waals surface area contributed by atoms with Gasteiger partial charge in [0.25, 0.3) is 0 Å². The number of nitrogens with two attached hydrogens (primary N) is 1. The molecule has 4 aromatic rings. The maximum atomic E-state index is 13.2. The normalized spacial score (nSPS) is 11.0. The summed E-state index contributed by atoms with van der Waals surface area (Å²) in [5.41, 5.74) is 8.63. The summed E-state index contributed by atoms with van der Waals surface area (Å²) in [4.78, 5) is 4.43. The molecule has 0 unspecified atom stereocenters. The van der Waals surface area contributed by atoms with E-state index >= 15 is 0 Å². The molecule has 1 heterocycles. The molecule has 3 aromatic carbocycles. The van der Waals surface area contributed by atoms with Crippen LogP contribution in [0.1, 0.15) is 0 Å². The zero-order valence-electron chi connectivity index (χ0n) is 12.9. The maximum absolute atomic E-state index is 13.2. The van der Waals surface area contributed by atoms with Gasteiger partial charge in [0, 0.05) is 11.6 Å². The van der Waals surface area contributed by atoms with Crippen LogP contribution in [0.4, 0.5) is 9.52 Å². The van der Waals surface area contributed by atoms with E-state index in [2.05, 4.69) is 4.98 Å². The average Bonchev–Trinajstić information content (AvgIpc) is 2.97. The lowest BCUT2D eigenvalue weighted by molar-refractivity contribution is 0.482. The van der Waals surface area contributed by atoms with Crippen LogP contribution < -0.4 is 10.5 Å². The lowest BCUT2D eigenvalue weighted by Crippen LogP contribution is -1.89. The molecule has 0 bridgehead atoms. The number of hydrogen-bond donors (Lipinski definition) is 1. The minimum Gasteiger partial charge on any atom is -0.456 e. The lowest BCUT2D eigenvalue weighted by atomic mass is 10.0. The van der Waals surface area contributed by atoms with Crippen molar-refractivity contribution in [2.45, 2.75) is 0 Å². The van der Waals surface area contributed by atoms with Crippen molar-refractivity contribution in [1.82, 2.24) is 4.98 Å². The Morgan fingerprint density at radius 1 is 1.04 bits per heavy atom. The molecule has 0 spiro atoms. The molecular weight excluding hydrogens is 359 g/mol. The summed E-state index contributed by atoms with van der Waals surface area (Å²) in [6, 6.07) is 17.6. The first-order valence-electron chi connectivity index (χ1n) is 7.48. The number of benzene rings is 3. The third kappa shape index (κ3) is 3.16. The molecule has 0 saturated heterocycles. The second-order valence-corrected chi connectivity index (χ2v) is 6.88. The first-order valence-corrected chi connectivity index (χ1v) is 8.68. The van der Waals surface area contributed by atoms with Crippen molar-refractivity contribution in [1.29, 1.82) is 0 Å². The molecule has 1 aromatic heterocycles. The van der Waals surface area contributed by atoms with Gasteiger partial charge in [-0.05, 0) is 29.8 Å². The molecule has 4 rings (SSSR count). The highest BCUT2D eigenvalue weighted by Crippen LogP contribution is 2.39. The molecule has 0 aliphatic heterocycles. The van der Waals surface area contributed by atoms with Crippen molar-refractivity contribution >= 4 is 38.3 Å². The van der Waals surface area contributed by atoms with E-state index in [4.69, 9.17) is 22.1 Å². The van der Waals surface area contributed by atoms with E-state index in [1.165, 1.54) is 29.5 Å². The van der Waals surface area contributed by atoms with Crippen LogP contribution >= 0.6 is 22.9 Å². The van der Waals surface area contributed by atoms with E-state index < -0.39 is 5.82 Å². The van der Waals surface area contributed by atoms with Gasteiger partial charge in [0.15, 0.2) is 5.13 Å². The van der Waals surface area contributed by atoms with Gasteiger partial charge in [-0.2, -0.15) is 0 Å². The summed E-state index contributed by atoms with van der Waals surface area (Å²) in [5, 5.41) is 0.703. The molecule has 2 N–H and O–H groups in total. The van der Waals surface area contributed by atoms with Gasteiger partial charge in [0.2, 0.25) is 0 Å². The number of aromatic nitrogens is 1. The summed E-state index contributed by atoms with van der Waals surface area (Å²) in [6.07, 6.45) is 0. The molecule has 0 aliphatic carbocycles. The van der Waals surface area contributed by atoms with Crippen LogP contribution in [0.3, 0.4) is 0 Å². The number of nitrogens with zero attached hydrogens (tertiary/aromatic N) is 1. The van der Waals surface area contributed by atoms with E-state index in [0.717, 1.165) is 21.3 Å². The fraction of sp³-hybridized carbons (Fsp3) is 0. The van der Waals surface area contributed by atoms with Gasteiger partial charge in [0.05, 0.1) is 15.2 Å². The third-order valence-corrected chi connectivity index (χ3v) is 4.82. The van der Waals surface area contributed by atoms with Crippen LogP contribution in [0.2, 0.25) is 5.02 Å². The van der Waals surface area contributed by atoms with E-state index in [-0.39, 0.29) is 5.02 Å². The zero-order valence-corrected chi connectivity index (χ0v) is 14.4. The Kier molecular flexibility index (Phi) is 4.03. The molecule has 0 amide bonds. The summed E-state index contributed by atoms with van der Waals surface area (Å²) in [7, 11) is 0. The number of halogens is 2. The second-order valence-electron chi connectivity index (χ2n) is 5.41. The van der Waals surface area contributed by atoms with Crippen molar-refractivity contribution in [3.8, 4) is 22.6 Å². The Hall–Kier alpha value is -2.63. The number of thiazole rings is 1. The van der Waals surface area contributed by atoms with Crippen LogP contribution in [-0.4, -0.2) is 4.98 Å². The van der Waals surface area contributed by atoms with Crippen LogP contribution in [-0.2, 0) is 0 Å². The molecule has 6 heteroatoms. The zero-order chi connectivity index (χ0) is 17.4. The monoisotopic (exact) mass is 370 g/mol. The van der Waals surface area contributed by atoms with Crippen LogP contribution in [0.25, 0.3) is 21.3 Å². The van der Waals surface area contributed by atoms with Gasteiger partial charge in [-0.15, -0.1) is 0 Å². The average molecular weight is 371 g/mol. The molecule has 0 saturated carbocycles. The first-order chi connectivity index (χ1) is 12.1. The summed E-state index contributed by atoms with van der Waals surface area (Å²) in [5.74, 6) is 0.565. The Morgan fingerprint density at radius 2 is 1.84 bits per heavy atom. The Bertz CT molecular complexity index is 1070. The van der Waals surface area contributed by atoms with Crippen molar-refractivity contribution in [2.24, 2.45) is 0 Å². The van der Waals surface area contributed by atoms with E-state index in [1.54, 1.807) is 0 Å². The highest BCUT2D eigenvalue weighted by atomic mass is 35.5. The number of fused-ring (bicyclic) bond motifs is 1. The number of anilines is 1. The Morgan fingerprint density at radius 3 is 2.60 bits per heavy atom. The molecule has 0 fully saturated rings. The van der Waals surface area contributed by atoms with E-state index in [9.17, 15) is 4.39 Å². The van der Waals surface area contributed by atoms with Gasteiger partial charge >= 0.3 is 0 Å². The van der Waals surface area contributed by atoms with Crippen molar-refractivity contribution in [3.05, 3.63) is 71.5 Å². The van der Waals surface area contributed by atoms with Crippen molar-refractivity contribution < 1.29 is 9.13 Å². The molecule has 3 nitrogen and oxygen atoms in total. The SMILES string of the molecule is Nc1nc2c(-c3ccccc3)cc(Oc3ccc(F)cc3Cl)cc2s1. The Balaban J connectivity index is 1.85. The fourth-order valence-corrected chi connectivity index (χ4v) is 3.60. The number of nitrogen functional groups attached to an aromatic ring is 1. The molecule has 124 valence electrons. The number of rotatable bonds is 3. The van der Waals surface area contributed by atoms with E-state index in [1.807, 2.05) is 42.5 Å². The quantitative estimate of drug-likeness (QED) is 0.472. The molecule has 25 heavy (non-hydrogen) atoms. The highest BCUT2D eigenvalue weighted by Gasteiger charge is 2.13. The van der Waals surface area contributed by atoms with Gasteiger partial charge in [0.1, 0.15) is 17.3 Å². The van der Waals surface area contributed by atoms with Crippen molar-refractivity contribution in [3.63, 3.8) is 0 Å². The highest BCUT2D eigenvalue weighted by molar-refractivity contribution is 7.22. The largest absolute Gasteiger partial charge is 0.456 e. The van der Waals surface area contributed by atoms with Gasteiger partial charge in [-0.25, -0.2) is 9.37 Å². The van der Waals surface area contributed by atoms with Gasteiger partial charge in [-0.1, -0.05) is 53.3 Å². The predicted molar refractivity (Wildman–Crippen MR) is 101 cm³/mol. The van der Waals surface area contributed by atoms with Crippen LogP contribution in [0.5, 0.6) is 11.5 Å². The van der Waals surface area contributed by atoms with Crippen LogP contribution in [0, 0.1) is 5.82 Å². The van der Waals surface area contributed by atoms with Crippen molar-refractivity contribution in [2.75, 3.05) is 5.73 Å². The smallest absolute Gasteiger partial charge is 0.181 e. The summed E-state index contributed by atoms with van der Waals surface area (Å²) >= 11 is 7.45. The standard InChI is InChI=1S/C19H12ClFN2OS/c20-15-8-12(21)6-7-16(15)24-13-9-14(11-4-2-1-3-5-11)18-17(10-13)25-19(22)23-18/h1-10H,(H2,22,23). The second kappa shape index (κ2) is 6.35. The molecule has 0 aliphatic rings. The number of hydrogen-bond acceptors (Lipinski definition) is 4. The third-order valence-electron chi connectivity index (χ3n) is 3.69.